The molecule has 0 aliphatic heterocycles. The van der Waals surface area contributed by atoms with Gasteiger partial charge in [-0.3, -0.25) is 0 Å². The highest BCUT2D eigenvalue weighted by Gasteiger charge is 2.07. The van der Waals surface area contributed by atoms with Crippen molar-refractivity contribution in [3.8, 4) is 22.6 Å². The van der Waals surface area contributed by atoms with Crippen LogP contribution >= 0.6 is 0 Å². The van der Waals surface area contributed by atoms with E-state index >= 15 is 0 Å². The molecule has 0 heterocycles. The predicted molar refractivity (Wildman–Crippen MR) is 69.6 cm³/mol. The average Bonchev–Trinajstić information content (AvgIpc) is 2.36. The molecular weight excluding hydrogens is 212 g/mol. The molecule has 0 aliphatic carbocycles. The fraction of sp³-hybridized carbons (Fsp3) is 0.200. The first-order valence-electron chi connectivity index (χ1n) is 5.57. The molecule has 0 fully saturated rings. The number of benzene rings is 2. The summed E-state index contributed by atoms with van der Waals surface area (Å²) in [5, 5.41) is 9.92. The monoisotopic (exact) mass is 228 g/mol. The SMILES string of the molecule is COc1ccc(-c2ccc(C)c(O)c2C)cc1. The van der Waals surface area contributed by atoms with Crippen LogP contribution in [0.5, 0.6) is 11.5 Å². The van der Waals surface area contributed by atoms with E-state index in [-0.39, 0.29) is 0 Å². The van der Waals surface area contributed by atoms with Crippen molar-refractivity contribution in [2.24, 2.45) is 0 Å². The van der Waals surface area contributed by atoms with Crippen molar-refractivity contribution in [2.75, 3.05) is 7.11 Å². The fourth-order valence-corrected chi connectivity index (χ4v) is 1.92. The molecule has 0 radical (unpaired) electrons. The van der Waals surface area contributed by atoms with Gasteiger partial charge in [-0.25, -0.2) is 0 Å². The summed E-state index contributed by atoms with van der Waals surface area (Å²) in [5.74, 6) is 1.21. The van der Waals surface area contributed by atoms with Crippen LogP contribution in [0.2, 0.25) is 0 Å². The smallest absolute Gasteiger partial charge is 0.122 e. The van der Waals surface area contributed by atoms with E-state index in [0.717, 1.165) is 28.0 Å². The van der Waals surface area contributed by atoms with Gasteiger partial charge < -0.3 is 9.84 Å². The maximum Gasteiger partial charge on any atom is 0.122 e. The van der Waals surface area contributed by atoms with Crippen LogP contribution in [-0.2, 0) is 0 Å². The lowest BCUT2D eigenvalue weighted by Gasteiger charge is -2.10. The van der Waals surface area contributed by atoms with Crippen LogP contribution in [0.25, 0.3) is 11.1 Å². The Hall–Kier alpha value is -1.96. The molecule has 2 heteroatoms. The second kappa shape index (κ2) is 4.50. The normalized spacial score (nSPS) is 10.3. The van der Waals surface area contributed by atoms with Crippen molar-refractivity contribution < 1.29 is 9.84 Å². The molecule has 0 bridgehead atoms. The summed E-state index contributed by atoms with van der Waals surface area (Å²) in [6, 6.07) is 11.8. The number of phenols is 1. The van der Waals surface area contributed by atoms with Gasteiger partial charge in [0.2, 0.25) is 0 Å². The van der Waals surface area contributed by atoms with Crippen molar-refractivity contribution in [1.82, 2.24) is 0 Å². The Bertz CT molecular complexity index is 527. The molecule has 0 atom stereocenters. The third kappa shape index (κ3) is 2.11. The molecule has 0 saturated carbocycles. The van der Waals surface area contributed by atoms with E-state index in [1.807, 2.05) is 50.2 Å². The Morgan fingerprint density at radius 1 is 0.941 bits per heavy atom. The van der Waals surface area contributed by atoms with Gasteiger partial charge in [0.05, 0.1) is 7.11 Å². The standard InChI is InChI=1S/C15H16O2/c1-10-4-9-14(11(2)15(10)16)12-5-7-13(17-3)8-6-12/h4-9,16H,1-3H3. The summed E-state index contributed by atoms with van der Waals surface area (Å²) in [7, 11) is 1.65. The zero-order valence-corrected chi connectivity index (χ0v) is 10.3. The van der Waals surface area contributed by atoms with Crippen LogP contribution in [0.4, 0.5) is 0 Å². The molecule has 88 valence electrons. The van der Waals surface area contributed by atoms with Gasteiger partial charge in [-0.1, -0.05) is 24.3 Å². The lowest BCUT2D eigenvalue weighted by Crippen LogP contribution is -1.87. The van der Waals surface area contributed by atoms with Crippen LogP contribution in [0, 0.1) is 13.8 Å². The van der Waals surface area contributed by atoms with Crippen LogP contribution in [0.3, 0.4) is 0 Å². The van der Waals surface area contributed by atoms with Crippen molar-refractivity contribution >= 4 is 0 Å². The molecule has 2 aromatic carbocycles. The highest BCUT2D eigenvalue weighted by molar-refractivity contribution is 5.71. The molecule has 2 aromatic rings. The van der Waals surface area contributed by atoms with Gasteiger partial charge >= 0.3 is 0 Å². The van der Waals surface area contributed by atoms with Gasteiger partial charge in [-0.2, -0.15) is 0 Å². The van der Waals surface area contributed by atoms with Crippen LogP contribution in [0.15, 0.2) is 36.4 Å². The summed E-state index contributed by atoms with van der Waals surface area (Å²) in [5.41, 5.74) is 3.95. The van der Waals surface area contributed by atoms with Crippen molar-refractivity contribution in [2.45, 2.75) is 13.8 Å². The van der Waals surface area contributed by atoms with Crippen LogP contribution in [-0.4, -0.2) is 12.2 Å². The second-order valence-electron chi connectivity index (χ2n) is 4.13. The van der Waals surface area contributed by atoms with Gasteiger partial charge in [0.15, 0.2) is 0 Å². The Morgan fingerprint density at radius 2 is 1.59 bits per heavy atom. The largest absolute Gasteiger partial charge is 0.507 e. The number of rotatable bonds is 2. The molecule has 2 rings (SSSR count). The summed E-state index contributed by atoms with van der Waals surface area (Å²) in [6.07, 6.45) is 0. The number of hydrogen-bond donors (Lipinski definition) is 1. The molecule has 0 amide bonds. The second-order valence-corrected chi connectivity index (χ2v) is 4.13. The van der Waals surface area contributed by atoms with Crippen molar-refractivity contribution in [3.63, 3.8) is 0 Å². The quantitative estimate of drug-likeness (QED) is 0.849. The zero-order chi connectivity index (χ0) is 12.4. The number of aryl methyl sites for hydroxylation is 1. The van der Waals surface area contributed by atoms with Crippen LogP contribution in [0.1, 0.15) is 11.1 Å². The van der Waals surface area contributed by atoms with Crippen molar-refractivity contribution in [3.05, 3.63) is 47.5 Å². The Kier molecular flexibility index (Phi) is 3.05. The average molecular weight is 228 g/mol. The summed E-state index contributed by atoms with van der Waals surface area (Å²) in [6.45, 7) is 3.84. The van der Waals surface area contributed by atoms with E-state index in [1.165, 1.54) is 0 Å². The Labute approximate surface area is 101 Å². The molecule has 2 nitrogen and oxygen atoms in total. The van der Waals surface area contributed by atoms with E-state index in [1.54, 1.807) is 7.11 Å². The topological polar surface area (TPSA) is 29.5 Å². The molecule has 1 N–H and O–H groups in total. The lowest BCUT2D eigenvalue weighted by molar-refractivity contribution is 0.415. The Morgan fingerprint density at radius 3 is 2.18 bits per heavy atom. The number of ether oxygens (including phenoxy) is 1. The highest BCUT2D eigenvalue weighted by atomic mass is 16.5. The molecule has 17 heavy (non-hydrogen) atoms. The zero-order valence-electron chi connectivity index (χ0n) is 10.3. The minimum Gasteiger partial charge on any atom is -0.507 e. The van der Waals surface area contributed by atoms with E-state index in [0.29, 0.717) is 5.75 Å². The third-order valence-electron chi connectivity index (χ3n) is 3.03. The molecule has 0 spiro atoms. The number of hydrogen-bond acceptors (Lipinski definition) is 2. The Balaban J connectivity index is 2.49. The van der Waals surface area contributed by atoms with Gasteiger partial charge in [0.1, 0.15) is 11.5 Å². The number of phenolic OH excluding ortho intramolecular Hbond substituents is 1. The first-order valence-corrected chi connectivity index (χ1v) is 5.57. The van der Waals surface area contributed by atoms with Crippen LogP contribution < -0.4 is 4.74 Å². The van der Waals surface area contributed by atoms with Gasteiger partial charge in [-0.05, 0) is 48.2 Å². The third-order valence-corrected chi connectivity index (χ3v) is 3.03. The van der Waals surface area contributed by atoms with E-state index in [9.17, 15) is 5.11 Å². The predicted octanol–water partition coefficient (Wildman–Crippen LogP) is 3.68. The first-order chi connectivity index (χ1) is 8.13. The molecular formula is C15H16O2. The molecule has 0 saturated heterocycles. The minimum atomic E-state index is 0.373. The maximum atomic E-state index is 9.92. The lowest BCUT2D eigenvalue weighted by atomic mass is 9.97. The highest BCUT2D eigenvalue weighted by Crippen LogP contribution is 2.32. The van der Waals surface area contributed by atoms with E-state index in [4.69, 9.17) is 4.74 Å². The van der Waals surface area contributed by atoms with Gasteiger partial charge in [-0.15, -0.1) is 0 Å². The van der Waals surface area contributed by atoms with Gasteiger partial charge in [0.25, 0.3) is 0 Å². The molecule has 0 aliphatic rings. The molecule has 0 aromatic heterocycles. The number of methoxy groups -OCH3 is 1. The minimum absolute atomic E-state index is 0.373. The molecule has 0 unspecified atom stereocenters. The van der Waals surface area contributed by atoms with Crippen molar-refractivity contribution in [1.29, 1.82) is 0 Å². The fourth-order valence-electron chi connectivity index (χ4n) is 1.92. The maximum absolute atomic E-state index is 9.92. The van der Waals surface area contributed by atoms with E-state index in [2.05, 4.69) is 0 Å². The van der Waals surface area contributed by atoms with E-state index < -0.39 is 0 Å². The first kappa shape index (κ1) is 11.5. The summed E-state index contributed by atoms with van der Waals surface area (Å²) >= 11 is 0. The summed E-state index contributed by atoms with van der Waals surface area (Å²) < 4.78 is 5.13. The summed E-state index contributed by atoms with van der Waals surface area (Å²) in [4.78, 5) is 0. The van der Waals surface area contributed by atoms with Gasteiger partial charge in [0, 0.05) is 0 Å². The number of aromatic hydroxyl groups is 1.